The third kappa shape index (κ3) is 2.71. The minimum Gasteiger partial charge on any atom is -0.325 e. The van der Waals surface area contributed by atoms with Gasteiger partial charge in [-0.15, -0.1) is 5.10 Å². The predicted molar refractivity (Wildman–Crippen MR) is 68.7 cm³/mol. The van der Waals surface area contributed by atoms with Gasteiger partial charge in [-0.25, -0.2) is 0 Å². The first-order chi connectivity index (χ1) is 8.20. The first-order valence-electron chi connectivity index (χ1n) is 5.40. The molecule has 0 amide bonds. The van der Waals surface area contributed by atoms with Gasteiger partial charge in [0.2, 0.25) is 5.28 Å². The van der Waals surface area contributed by atoms with Crippen LogP contribution in [0.15, 0.2) is 30.5 Å². The first kappa shape index (κ1) is 11.8. The zero-order valence-corrected chi connectivity index (χ0v) is 10.5. The molecule has 0 N–H and O–H groups in total. The second-order valence-electron chi connectivity index (χ2n) is 3.66. The topological polar surface area (TPSA) is 41.9 Å². The van der Waals surface area contributed by atoms with Gasteiger partial charge in [0.05, 0.1) is 6.20 Å². The Bertz CT molecular complexity index is 498. The monoisotopic (exact) mass is 248 g/mol. The van der Waals surface area contributed by atoms with E-state index in [1.165, 1.54) is 5.56 Å². The molecule has 0 saturated carbocycles. The number of nitrogens with zero attached hydrogens (tertiary/aromatic N) is 4. The molecule has 17 heavy (non-hydrogen) atoms. The number of aromatic nitrogens is 3. The Morgan fingerprint density at radius 1 is 1.24 bits per heavy atom. The Kier molecular flexibility index (Phi) is 3.54. The summed E-state index contributed by atoms with van der Waals surface area (Å²) >= 11 is 5.75. The van der Waals surface area contributed by atoms with Crippen LogP contribution in [-0.4, -0.2) is 21.7 Å². The summed E-state index contributed by atoms with van der Waals surface area (Å²) < 4.78 is 0. The van der Waals surface area contributed by atoms with Gasteiger partial charge in [0.15, 0.2) is 5.82 Å². The molecular formula is C12H13ClN4. The first-order valence-corrected chi connectivity index (χ1v) is 5.78. The van der Waals surface area contributed by atoms with E-state index in [9.17, 15) is 0 Å². The van der Waals surface area contributed by atoms with E-state index in [0.717, 1.165) is 12.2 Å². The highest BCUT2D eigenvalue weighted by Crippen LogP contribution is 2.23. The summed E-state index contributed by atoms with van der Waals surface area (Å²) in [4.78, 5) is 6.19. The van der Waals surface area contributed by atoms with E-state index in [1.54, 1.807) is 6.20 Å². The summed E-state index contributed by atoms with van der Waals surface area (Å²) in [6.45, 7) is 4.90. The molecule has 0 aliphatic heterocycles. The molecule has 2 rings (SSSR count). The summed E-state index contributed by atoms with van der Waals surface area (Å²) in [5.74, 6) is 0.705. The van der Waals surface area contributed by atoms with Gasteiger partial charge in [-0.3, -0.25) is 0 Å². The number of hydrogen-bond acceptors (Lipinski definition) is 4. The molecule has 0 aliphatic carbocycles. The van der Waals surface area contributed by atoms with Gasteiger partial charge in [-0.05, 0) is 37.6 Å². The fraction of sp³-hybridized carbons (Fsp3) is 0.250. The molecule has 1 aromatic carbocycles. The maximum absolute atomic E-state index is 5.75. The van der Waals surface area contributed by atoms with Crippen molar-refractivity contribution in [3.05, 3.63) is 41.3 Å². The van der Waals surface area contributed by atoms with Crippen molar-refractivity contribution >= 4 is 23.1 Å². The molecule has 5 heteroatoms. The molecule has 0 saturated heterocycles. The Labute approximate surface area is 105 Å². The number of aryl methyl sites for hydroxylation is 1. The van der Waals surface area contributed by atoms with Gasteiger partial charge in [0.1, 0.15) is 0 Å². The third-order valence-corrected chi connectivity index (χ3v) is 2.62. The molecule has 0 bridgehead atoms. The highest BCUT2D eigenvalue weighted by molar-refractivity contribution is 6.28. The SMILES string of the molecule is CCN(c1ccc(C)cc1)c1cnnc(Cl)n1. The van der Waals surface area contributed by atoms with Crippen molar-refractivity contribution in [1.29, 1.82) is 0 Å². The Balaban J connectivity index is 2.36. The Morgan fingerprint density at radius 3 is 2.53 bits per heavy atom. The summed E-state index contributed by atoms with van der Waals surface area (Å²) in [6, 6.07) is 8.23. The van der Waals surface area contributed by atoms with Crippen LogP contribution in [0, 0.1) is 6.92 Å². The van der Waals surface area contributed by atoms with Crippen molar-refractivity contribution in [2.75, 3.05) is 11.4 Å². The number of halogens is 1. The van der Waals surface area contributed by atoms with E-state index < -0.39 is 0 Å². The number of anilines is 2. The largest absolute Gasteiger partial charge is 0.325 e. The van der Waals surface area contributed by atoms with Crippen molar-refractivity contribution in [3.8, 4) is 0 Å². The molecule has 0 atom stereocenters. The number of benzene rings is 1. The highest BCUT2D eigenvalue weighted by atomic mass is 35.5. The second-order valence-corrected chi connectivity index (χ2v) is 4.00. The third-order valence-electron chi connectivity index (χ3n) is 2.46. The van der Waals surface area contributed by atoms with Crippen molar-refractivity contribution < 1.29 is 0 Å². The van der Waals surface area contributed by atoms with Crippen LogP contribution >= 0.6 is 11.6 Å². The summed E-state index contributed by atoms with van der Waals surface area (Å²) in [5, 5.41) is 7.61. The highest BCUT2D eigenvalue weighted by Gasteiger charge is 2.09. The zero-order valence-electron chi connectivity index (χ0n) is 9.76. The molecule has 0 spiro atoms. The Hall–Kier alpha value is -1.68. The van der Waals surface area contributed by atoms with Gasteiger partial charge in [-0.2, -0.15) is 10.1 Å². The van der Waals surface area contributed by atoms with Crippen LogP contribution < -0.4 is 4.90 Å². The number of rotatable bonds is 3. The smallest absolute Gasteiger partial charge is 0.244 e. The number of hydrogen-bond donors (Lipinski definition) is 0. The van der Waals surface area contributed by atoms with Crippen LogP contribution in [0.1, 0.15) is 12.5 Å². The van der Waals surface area contributed by atoms with Gasteiger partial charge >= 0.3 is 0 Å². The van der Waals surface area contributed by atoms with E-state index in [4.69, 9.17) is 11.6 Å². The molecule has 0 radical (unpaired) electrons. The summed E-state index contributed by atoms with van der Waals surface area (Å²) in [7, 11) is 0. The molecule has 4 nitrogen and oxygen atoms in total. The van der Waals surface area contributed by atoms with Crippen LogP contribution in [0.3, 0.4) is 0 Å². The molecule has 1 aromatic heterocycles. The summed E-state index contributed by atoms with van der Waals surface area (Å²) in [6.07, 6.45) is 1.61. The van der Waals surface area contributed by atoms with Crippen molar-refractivity contribution in [1.82, 2.24) is 15.2 Å². The lowest BCUT2D eigenvalue weighted by molar-refractivity contribution is 0.915. The normalized spacial score (nSPS) is 10.3. The van der Waals surface area contributed by atoms with Crippen LogP contribution in [0.5, 0.6) is 0 Å². The molecule has 1 heterocycles. The average molecular weight is 249 g/mol. The van der Waals surface area contributed by atoms with E-state index in [-0.39, 0.29) is 5.28 Å². The summed E-state index contributed by atoms with van der Waals surface area (Å²) in [5.41, 5.74) is 2.29. The minimum atomic E-state index is 0.160. The quantitative estimate of drug-likeness (QED) is 0.838. The fourth-order valence-electron chi connectivity index (χ4n) is 1.61. The van der Waals surface area contributed by atoms with Crippen LogP contribution in [-0.2, 0) is 0 Å². The molecule has 0 unspecified atom stereocenters. The Morgan fingerprint density at radius 2 is 1.94 bits per heavy atom. The van der Waals surface area contributed by atoms with Crippen molar-refractivity contribution in [2.45, 2.75) is 13.8 Å². The van der Waals surface area contributed by atoms with Gasteiger partial charge < -0.3 is 4.90 Å². The average Bonchev–Trinajstić information content (AvgIpc) is 2.33. The van der Waals surface area contributed by atoms with Crippen molar-refractivity contribution in [2.24, 2.45) is 0 Å². The van der Waals surface area contributed by atoms with E-state index >= 15 is 0 Å². The van der Waals surface area contributed by atoms with Gasteiger partial charge in [0, 0.05) is 12.2 Å². The van der Waals surface area contributed by atoms with E-state index in [1.807, 2.05) is 4.90 Å². The van der Waals surface area contributed by atoms with E-state index in [0.29, 0.717) is 5.82 Å². The van der Waals surface area contributed by atoms with Crippen LogP contribution in [0.2, 0.25) is 5.28 Å². The minimum absolute atomic E-state index is 0.160. The molecule has 0 fully saturated rings. The second kappa shape index (κ2) is 5.10. The molecular weight excluding hydrogens is 236 g/mol. The molecule has 88 valence electrons. The van der Waals surface area contributed by atoms with Crippen LogP contribution in [0.4, 0.5) is 11.5 Å². The predicted octanol–water partition coefficient (Wildman–Crippen LogP) is 2.99. The van der Waals surface area contributed by atoms with Crippen LogP contribution in [0.25, 0.3) is 0 Å². The maximum Gasteiger partial charge on any atom is 0.244 e. The van der Waals surface area contributed by atoms with Gasteiger partial charge in [-0.1, -0.05) is 17.7 Å². The van der Waals surface area contributed by atoms with Gasteiger partial charge in [0.25, 0.3) is 0 Å². The maximum atomic E-state index is 5.75. The lowest BCUT2D eigenvalue weighted by atomic mass is 10.2. The lowest BCUT2D eigenvalue weighted by Crippen LogP contribution is -2.17. The standard InChI is InChI=1S/C12H13ClN4/c1-3-17(10-6-4-9(2)5-7-10)11-8-14-16-12(13)15-11/h4-8H,3H2,1-2H3. The fourth-order valence-corrected chi connectivity index (χ4v) is 1.74. The molecule has 2 aromatic rings. The molecule has 0 aliphatic rings. The van der Waals surface area contributed by atoms with Crippen molar-refractivity contribution in [3.63, 3.8) is 0 Å². The lowest BCUT2D eigenvalue weighted by Gasteiger charge is -2.21. The zero-order chi connectivity index (χ0) is 12.3. The van der Waals surface area contributed by atoms with E-state index in [2.05, 4.69) is 53.3 Å².